The Morgan fingerprint density at radius 2 is 2.00 bits per heavy atom. The van der Waals surface area contributed by atoms with Crippen molar-refractivity contribution in [1.82, 2.24) is 0 Å². The summed E-state index contributed by atoms with van der Waals surface area (Å²) in [5.41, 5.74) is -0.172. The molecule has 0 saturated heterocycles. The first kappa shape index (κ1) is 15.5. The molecule has 1 aromatic rings. The fourth-order valence-electron chi connectivity index (χ4n) is 1.24. The molecule has 0 heterocycles. The third kappa shape index (κ3) is 5.28. The molecule has 0 aliphatic heterocycles. The maximum absolute atomic E-state index is 13.0. The van der Waals surface area contributed by atoms with Crippen molar-refractivity contribution >= 4 is 10.0 Å². The van der Waals surface area contributed by atoms with E-state index < -0.39 is 15.8 Å². The van der Waals surface area contributed by atoms with E-state index in [9.17, 15) is 12.8 Å². The molecular weight excluding hydrogens is 269 g/mol. The number of halogens is 1. The molecule has 0 aromatic heterocycles. The lowest BCUT2D eigenvalue weighted by Crippen LogP contribution is -2.14. The van der Waals surface area contributed by atoms with Gasteiger partial charge in [-0.15, -0.1) is 0 Å². The molecule has 0 aliphatic rings. The van der Waals surface area contributed by atoms with E-state index in [-0.39, 0.29) is 22.7 Å². The molecule has 0 amide bonds. The van der Waals surface area contributed by atoms with Crippen LogP contribution in [-0.2, 0) is 10.0 Å². The normalized spacial score (nSPS) is 11.6. The first-order valence-electron chi connectivity index (χ1n) is 5.55. The van der Waals surface area contributed by atoms with Crippen LogP contribution in [0.15, 0.2) is 23.1 Å². The molecule has 0 fully saturated rings. The standard InChI is InChI=1S/C13H16FNO3S/c1-13(2,3)7-4-8-18-11-6-5-10(14)9-12(11)19(15,16)17/h5-6,9H,8H2,1-3H3,(H2,15,16,17). The monoisotopic (exact) mass is 285 g/mol. The number of nitrogens with two attached hydrogens (primary N) is 1. The van der Waals surface area contributed by atoms with Gasteiger partial charge < -0.3 is 4.74 Å². The topological polar surface area (TPSA) is 69.4 Å². The van der Waals surface area contributed by atoms with Gasteiger partial charge >= 0.3 is 0 Å². The maximum Gasteiger partial charge on any atom is 0.241 e. The summed E-state index contributed by atoms with van der Waals surface area (Å²) in [6, 6.07) is 3.14. The van der Waals surface area contributed by atoms with Crippen LogP contribution >= 0.6 is 0 Å². The van der Waals surface area contributed by atoms with Gasteiger partial charge in [-0.2, -0.15) is 0 Å². The molecule has 0 aliphatic carbocycles. The molecule has 0 atom stereocenters. The van der Waals surface area contributed by atoms with Crippen molar-refractivity contribution in [3.63, 3.8) is 0 Å². The first-order valence-corrected chi connectivity index (χ1v) is 7.09. The number of rotatable bonds is 3. The van der Waals surface area contributed by atoms with Crippen molar-refractivity contribution in [2.45, 2.75) is 25.7 Å². The average Bonchev–Trinajstić information content (AvgIpc) is 2.23. The van der Waals surface area contributed by atoms with Crippen molar-refractivity contribution in [3.8, 4) is 17.6 Å². The van der Waals surface area contributed by atoms with E-state index in [1.54, 1.807) is 0 Å². The van der Waals surface area contributed by atoms with Gasteiger partial charge in [0.25, 0.3) is 0 Å². The lowest BCUT2D eigenvalue weighted by Gasteiger charge is -2.09. The van der Waals surface area contributed by atoms with Gasteiger partial charge in [0.05, 0.1) is 0 Å². The molecule has 19 heavy (non-hydrogen) atoms. The minimum Gasteiger partial charge on any atom is -0.480 e. The van der Waals surface area contributed by atoms with Crippen LogP contribution in [0.3, 0.4) is 0 Å². The molecule has 1 rings (SSSR count). The molecular formula is C13H16FNO3S. The van der Waals surface area contributed by atoms with Gasteiger partial charge in [0.15, 0.2) is 0 Å². The molecule has 6 heteroatoms. The van der Waals surface area contributed by atoms with Crippen LogP contribution < -0.4 is 9.88 Å². The zero-order valence-electron chi connectivity index (χ0n) is 11.0. The maximum atomic E-state index is 13.0. The second-order valence-electron chi connectivity index (χ2n) is 4.98. The van der Waals surface area contributed by atoms with Crippen LogP contribution in [-0.4, -0.2) is 15.0 Å². The number of ether oxygens (including phenoxy) is 1. The van der Waals surface area contributed by atoms with E-state index in [2.05, 4.69) is 11.8 Å². The van der Waals surface area contributed by atoms with Crippen molar-refractivity contribution in [3.05, 3.63) is 24.0 Å². The quantitative estimate of drug-likeness (QED) is 0.862. The zero-order valence-corrected chi connectivity index (χ0v) is 11.8. The van der Waals surface area contributed by atoms with Crippen LogP contribution in [0.25, 0.3) is 0 Å². The van der Waals surface area contributed by atoms with Crippen LogP contribution in [0, 0.1) is 23.1 Å². The Morgan fingerprint density at radius 1 is 1.37 bits per heavy atom. The highest BCUT2D eigenvalue weighted by molar-refractivity contribution is 7.89. The summed E-state index contributed by atoms with van der Waals surface area (Å²) in [7, 11) is -4.03. The summed E-state index contributed by atoms with van der Waals surface area (Å²) in [6.45, 7) is 5.82. The summed E-state index contributed by atoms with van der Waals surface area (Å²) in [6.07, 6.45) is 0. The molecule has 4 nitrogen and oxygen atoms in total. The average molecular weight is 285 g/mol. The molecule has 0 bridgehead atoms. The van der Waals surface area contributed by atoms with E-state index in [4.69, 9.17) is 9.88 Å². The number of sulfonamides is 1. The van der Waals surface area contributed by atoms with Crippen molar-refractivity contribution in [2.75, 3.05) is 6.61 Å². The van der Waals surface area contributed by atoms with E-state index in [1.807, 2.05) is 20.8 Å². The number of benzene rings is 1. The lowest BCUT2D eigenvalue weighted by molar-refractivity contribution is 0.358. The predicted octanol–water partition coefficient (Wildman–Crippen LogP) is 1.90. The largest absolute Gasteiger partial charge is 0.480 e. The number of primary sulfonamides is 1. The van der Waals surface area contributed by atoms with Crippen LogP contribution in [0.5, 0.6) is 5.75 Å². The van der Waals surface area contributed by atoms with Gasteiger partial charge in [-0.1, -0.05) is 11.8 Å². The Balaban J connectivity index is 2.93. The van der Waals surface area contributed by atoms with E-state index in [0.29, 0.717) is 0 Å². The highest BCUT2D eigenvalue weighted by Gasteiger charge is 2.16. The summed E-state index contributed by atoms with van der Waals surface area (Å²) in [4.78, 5) is -0.384. The summed E-state index contributed by atoms with van der Waals surface area (Å²) >= 11 is 0. The van der Waals surface area contributed by atoms with Gasteiger partial charge in [-0.05, 0) is 39.0 Å². The molecule has 0 spiro atoms. The van der Waals surface area contributed by atoms with Crippen molar-refractivity contribution < 1.29 is 17.5 Å². The molecule has 0 saturated carbocycles. The Hall–Kier alpha value is -1.58. The molecule has 104 valence electrons. The van der Waals surface area contributed by atoms with Gasteiger partial charge in [0.2, 0.25) is 10.0 Å². The van der Waals surface area contributed by atoms with Crippen molar-refractivity contribution in [1.29, 1.82) is 0 Å². The SMILES string of the molecule is CC(C)(C)C#CCOc1ccc(F)cc1S(N)(=O)=O. The van der Waals surface area contributed by atoms with Crippen LogP contribution in [0.2, 0.25) is 0 Å². The van der Waals surface area contributed by atoms with Gasteiger partial charge in [0.1, 0.15) is 23.1 Å². The van der Waals surface area contributed by atoms with Crippen LogP contribution in [0.4, 0.5) is 4.39 Å². The fourth-order valence-corrected chi connectivity index (χ4v) is 1.92. The first-order chi connectivity index (χ1) is 8.59. The molecule has 0 radical (unpaired) electrons. The Morgan fingerprint density at radius 3 is 2.53 bits per heavy atom. The Bertz CT molecular complexity index is 622. The minimum absolute atomic E-state index is 0.00538. The van der Waals surface area contributed by atoms with Gasteiger partial charge in [-0.3, -0.25) is 0 Å². The highest BCUT2D eigenvalue weighted by Crippen LogP contribution is 2.23. The zero-order chi connectivity index (χ0) is 14.7. The molecule has 1 aromatic carbocycles. The second kappa shape index (κ2) is 5.59. The number of hydrogen-bond donors (Lipinski definition) is 1. The van der Waals surface area contributed by atoms with E-state index in [0.717, 1.165) is 12.1 Å². The Labute approximate surface area is 112 Å². The van der Waals surface area contributed by atoms with E-state index >= 15 is 0 Å². The third-order valence-electron chi connectivity index (χ3n) is 1.98. The molecule has 2 N–H and O–H groups in total. The van der Waals surface area contributed by atoms with Gasteiger partial charge in [-0.25, -0.2) is 17.9 Å². The summed E-state index contributed by atoms with van der Waals surface area (Å²) < 4.78 is 40.8. The Kier molecular flexibility index (Phi) is 4.56. The van der Waals surface area contributed by atoms with E-state index in [1.165, 1.54) is 6.07 Å². The fraction of sp³-hybridized carbons (Fsp3) is 0.385. The summed E-state index contributed by atoms with van der Waals surface area (Å²) in [5, 5.41) is 4.99. The van der Waals surface area contributed by atoms with Crippen molar-refractivity contribution in [2.24, 2.45) is 10.6 Å². The van der Waals surface area contributed by atoms with Crippen LogP contribution in [0.1, 0.15) is 20.8 Å². The lowest BCUT2D eigenvalue weighted by atomic mass is 9.98. The predicted molar refractivity (Wildman–Crippen MR) is 70.5 cm³/mol. The third-order valence-corrected chi connectivity index (χ3v) is 2.91. The smallest absolute Gasteiger partial charge is 0.241 e. The minimum atomic E-state index is -4.03. The second-order valence-corrected chi connectivity index (χ2v) is 6.51. The summed E-state index contributed by atoms with van der Waals surface area (Å²) in [5.74, 6) is 4.99. The molecule has 0 unspecified atom stereocenters. The van der Waals surface area contributed by atoms with Gasteiger partial charge in [0, 0.05) is 5.41 Å². The highest BCUT2D eigenvalue weighted by atomic mass is 32.2. The number of hydrogen-bond acceptors (Lipinski definition) is 3.